The second-order valence-corrected chi connectivity index (χ2v) is 5.84. The van der Waals surface area contributed by atoms with Crippen LogP contribution in [-0.4, -0.2) is 39.2 Å². The number of ether oxygens (including phenoxy) is 1. The molecule has 1 atom stereocenters. The van der Waals surface area contributed by atoms with Gasteiger partial charge in [0, 0.05) is 18.1 Å². The second-order valence-electron chi connectivity index (χ2n) is 5.84. The van der Waals surface area contributed by atoms with Gasteiger partial charge in [-0.3, -0.25) is 9.78 Å². The van der Waals surface area contributed by atoms with Gasteiger partial charge in [0.15, 0.2) is 0 Å². The molecule has 1 amide bonds. The molecule has 1 aliphatic carbocycles. The van der Waals surface area contributed by atoms with Crippen LogP contribution in [0.4, 0.5) is 0 Å². The van der Waals surface area contributed by atoms with E-state index in [2.05, 4.69) is 20.3 Å². The maximum atomic E-state index is 12.3. The van der Waals surface area contributed by atoms with Crippen molar-refractivity contribution in [1.29, 1.82) is 0 Å². The lowest BCUT2D eigenvalue weighted by Gasteiger charge is -2.38. The molecule has 1 aliphatic rings. The van der Waals surface area contributed by atoms with E-state index >= 15 is 0 Å². The molecular formula is C16H20N4O3. The highest BCUT2D eigenvalue weighted by Crippen LogP contribution is 2.38. The van der Waals surface area contributed by atoms with Gasteiger partial charge in [0.1, 0.15) is 5.75 Å². The summed E-state index contributed by atoms with van der Waals surface area (Å²) in [7, 11) is 1.58. The molecule has 3 rings (SSSR count). The molecule has 1 fully saturated rings. The van der Waals surface area contributed by atoms with Crippen molar-refractivity contribution in [1.82, 2.24) is 20.3 Å². The summed E-state index contributed by atoms with van der Waals surface area (Å²) in [5.41, 5.74) is 1.65. The fourth-order valence-corrected chi connectivity index (χ4v) is 2.87. The molecule has 7 heteroatoms. The van der Waals surface area contributed by atoms with E-state index in [1.54, 1.807) is 32.0 Å². The van der Waals surface area contributed by atoms with Crippen LogP contribution in [0.1, 0.15) is 30.1 Å². The average molecular weight is 316 g/mol. The number of rotatable bonds is 6. The lowest BCUT2D eigenvalue weighted by Crippen LogP contribution is -2.42. The first kappa shape index (κ1) is 15.5. The van der Waals surface area contributed by atoms with Gasteiger partial charge in [-0.05, 0) is 30.4 Å². The molecule has 2 heterocycles. The number of methoxy groups -OCH3 is 1. The maximum Gasteiger partial charge on any atom is 0.226 e. The van der Waals surface area contributed by atoms with Gasteiger partial charge >= 0.3 is 0 Å². The van der Waals surface area contributed by atoms with Crippen LogP contribution in [0.5, 0.6) is 5.75 Å². The third-order valence-electron chi connectivity index (χ3n) is 4.17. The van der Waals surface area contributed by atoms with Crippen molar-refractivity contribution in [3.8, 4) is 5.75 Å². The first-order valence-electron chi connectivity index (χ1n) is 7.59. The number of imidazole rings is 1. The predicted octanol–water partition coefficient (Wildman–Crippen LogP) is 0.984. The molecule has 7 nitrogen and oxygen atoms in total. The Morgan fingerprint density at radius 2 is 2.26 bits per heavy atom. The van der Waals surface area contributed by atoms with Crippen molar-refractivity contribution in [3.63, 3.8) is 0 Å². The topological polar surface area (TPSA) is 100 Å². The molecule has 2 aromatic rings. The van der Waals surface area contributed by atoms with Gasteiger partial charge in [-0.15, -0.1) is 0 Å². The highest BCUT2D eigenvalue weighted by atomic mass is 16.5. The molecule has 0 aliphatic heterocycles. The van der Waals surface area contributed by atoms with Crippen LogP contribution >= 0.6 is 0 Å². The summed E-state index contributed by atoms with van der Waals surface area (Å²) in [6.07, 6.45) is 7.84. The van der Waals surface area contributed by atoms with Gasteiger partial charge in [-0.2, -0.15) is 0 Å². The van der Waals surface area contributed by atoms with Crippen LogP contribution in [0.15, 0.2) is 31.0 Å². The molecule has 1 saturated carbocycles. The summed E-state index contributed by atoms with van der Waals surface area (Å²) in [6.45, 7) is 0. The fraction of sp³-hybridized carbons (Fsp3) is 0.438. The van der Waals surface area contributed by atoms with Crippen molar-refractivity contribution in [2.75, 3.05) is 7.11 Å². The standard InChI is InChI=1S/C16H20N4O3/c1-23-14-4-11(6-17-8-14)16(10-2-13(21)3-10)20-15(22)5-12-7-18-9-19-12/h4,6-10,13,16,21H,2-3,5H2,1H3,(H,18,19)(H,20,22)/t10?,13?,16-/m1/s1. The molecule has 3 N–H and O–H groups in total. The highest BCUT2D eigenvalue weighted by Gasteiger charge is 2.36. The molecule has 0 unspecified atom stereocenters. The summed E-state index contributed by atoms with van der Waals surface area (Å²) >= 11 is 0. The number of H-pyrrole nitrogens is 1. The van der Waals surface area contributed by atoms with Gasteiger partial charge < -0.3 is 20.1 Å². The Bertz CT molecular complexity index is 653. The van der Waals surface area contributed by atoms with Crippen molar-refractivity contribution in [2.24, 2.45) is 5.92 Å². The van der Waals surface area contributed by atoms with Gasteiger partial charge in [0.2, 0.25) is 5.91 Å². The third kappa shape index (κ3) is 3.68. The van der Waals surface area contributed by atoms with Gasteiger partial charge in [0.05, 0.1) is 38.2 Å². The number of hydrogen-bond acceptors (Lipinski definition) is 5. The summed E-state index contributed by atoms with van der Waals surface area (Å²) in [5.74, 6) is 0.753. The number of pyridine rings is 1. The number of amides is 1. The average Bonchev–Trinajstić information content (AvgIpc) is 3.03. The van der Waals surface area contributed by atoms with Crippen LogP contribution in [0, 0.1) is 5.92 Å². The van der Waals surface area contributed by atoms with E-state index in [1.807, 2.05) is 6.07 Å². The molecule has 122 valence electrons. The van der Waals surface area contributed by atoms with Crippen molar-refractivity contribution >= 4 is 5.91 Å². The van der Waals surface area contributed by atoms with Gasteiger partial charge in [0.25, 0.3) is 0 Å². The zero-order valence-electron chi connectivity index (χ0n) is 12.9. The number of aromatic amines is 1. The number of aliphatic hydroxyl groups is 1. The molecule has 23 heavy (non-hydrogen) atoms. The first-order chi connectivity index (χ1) is 11.2. The second kappa shape index (κ2) is 6.78. The molecule has 2 aromatic heterocycles. The largest absolute Gasteiger partial charge is 0.495 e. The highest BCUT2D eigenvalue weighted by molar-refractivity contribution is 5.78. The Morgan fingerprint density at radius 1 is 1.43 bits per heavy atom. The number of hydrogen-bond donors (Lipinski definition) is 3. The molecule has 0 radical (unpaired) electrons. The fourth-order valence-electron chi connectivity index (χ4n) is 2.87. The molecule has 0 aromatic carbocycles. The monoisotopic (exact) mass is 316 g/mol. The maximum absolute atomic E-state index is 12.3. The van der Waals surface area contributed by atoms with E-state index in [9.17, 15) is 9.90 Å². The van der Waals surface area contributed by atoms with E-state index in [-0.39, 0.29) is 30.4 Å². The van der Waals surface area contributed by atoms with Crippen LogP contribution in [-0.2, 0) is 11.2 Å². The lowest BCUT2D eigenvalue weighted by molar-refractivity contribution is -0.122. The van der Waals surface area contributed by atoms with E-state index in [4.69, 9.17) is 4.74 Å². The van der Waals surface area contributed by atoms with E-state index in [1.165, 1.54) is 0 Å². The summed E-state index contributed by atoms with van der Waals surface area (Å²) in [4.78, 5) is 23.3. The Hall–Kier alpha value is -2.41. The molecule has 0 saturated heterocycles. The molecule has 0 bridgehead atoms. The molecule has 0 spiro atoms. The van der Waals surface area contributed by atoms with E-state index in [0.717, 1.165) is 11.3 Å². The SMILES string of the molecule is COc1cncc([C@H](NC(=O)Cc2cnc[nH]2)C2CC(O)C2)c1. The Kier molecular flexibility index (Phi) is 4.57. The van der Waals surface area contributed by atoms with Gasteiger partial charge in [-0.1, -0.05) is 0 Å². The van der Waals surface area contributed by atoms with Crippen molar-refractivity contribution < 1.29 is 14.6 Å². The zero-order valence-corrected chi connectivity index (χ0v) is 12.9. The Morgan fingerprint density at radius 3 is 2.91 bits per heavy atom. The normalized spacial score (nSPS) is 21.3. The third-order valence-corrected chi connectivity index (χ3v) is 4.17. The van der Waals surface area contributed by atoms with E-state index in [0.29, 0.717) is 18.6 Å². The number of aliphatic hydroxyl groups excluding tert-OH is 1. The Balaban J connectivity index is 1.74. The quantitative estimate of drug-likeness (QED) is 0.738. The minimum absolute atomic E-state index is 0.0940. The van der Waals surface area contributed by atoms with E-state index < -0.39 is 0 Å². The summed E-state index contributed by atoms with van der Waals surface area (Å²) < 4.78 is 5.21. The number of nitrogens with zero attached hydrogens (tertiary/aromatic N) is 2. The van der Waals surface area contributed by atoms with Crippen LogP contribution in [0.3, 0.4) is 0 Å². The minimum Gasteiger partial charge on any atom is -0.495 e. The summed E-state index contributed by atoms with van der Waals surface area (Å²) in [5, 5.41) is 12.6. The van der Waals surface area contributed by atoms with Crippen molar-refractivity contribution in [2.45, 2.75) is 31.4 Å². The summed E-state index contributed by atoms with van der Waals surface area (Å²) in [6, 6.07) is 1.69. The first-order valence-corrected chi connectivity index (χ1v) is 7.59. The zero-order chi connectivity index (χ0) is 16.2. The smallest absolute Gasteiger partial charge is 0.226 e. The van der Waals surface area contributed by atoms with Crippen LogP contribution in [0.2, 0.25) is 0 Å². The van der Waals surface area contributed by atoms with Gasteiger partial charge in [-0.25, -0.2) is 4.98 Å². The number of aromatic nitrogens is 3. The van der Waals surface area contributed by atoms with Crippen LogP contribution < -0.4 is 10.1 Å². The van der Waals surface area contributed by atoms with Crippen molar-refractivity contribution in [3.05, 3.63) is 42.2 Å². The van der Waals surface area contributed by atoms with Crippen LogP contribution in [0.25, 0.3) is 0 Å². The minimum atomic E-state index is -0.287. The number of carbonyl (C=O) groups is 1. The molecular weight excluding hydrogens is 296 g/mol. The lowest BCUT2D eigenvalue weighted by atomic mass is 9.75. The Labute approximate surface area is 134 Å². The number of carbonyl (C=O) groups excluding carboxylic acids is 1. The number of nitrogens with one attached hydrogen (secondary N) is 2. The predicted molar refractivity (Wildman–Crippen MR) is 82.7 cm³/mol.